The first kappa shape index (κ1) is 20.7. The zero-order valence-corrected chi connectivity index (χ0v) is 14.5. The molecule has 0 aliphatic carbocycles. The number of benzene rings is 1. The van der Waals surface area contributed by atoms with Crippen molar-refractivity contribution >= 4 is 36.4 Å². The molecule has 0 radical (unpaired) electrons. The van der Waals surface area contributed by atoms with E-state index in [1.165, 1.54) is 6.07 Å². The Balaban J connectivity index is 0.00000200. The molecule has 2 nitrogen and oxygen atoms in total. The van der Waals surface area contributed by atoms with Crippen LogP contribution in [0.5, 0.6) is 0 Å². The highest BCUT2D eigenvalue weighted by Gasteiger charge is 2.24. The fourth-order valence-electron chi connectivity index (χ4n) is 2.53. The third-order valence-electron chi connectivity index (χ3n) is 3.45. The lowest BCUT2D eigenvalue weighted by atomic mass is 9.97. The van der Waals surface area contributed by atoms with Gasteiger partial charge in [-0.15, -0.1) is 31.4 Å². The summed E-state index contributed by atoms with van der Waals surface area (Å²) in [7, 11) is 0. The molecule has 0 aromatic heterocycles. The number of hydrogen-bond donors (Lipinski definition) is 1. The number of nitrogens with zero attached hydrogens (tertiary/aromatic N) is 1. The van der Waals surface area contributed by atoms with Crippen LogP contribution in [0.3, 0.4) is 0 Å². The minimum atomic E-state index is -0.186. The smallest absolute Gasteiger partial charge is 0.128 e. The van der Waals surface area contributed by atoms with Crippen LogP contribution in [0.2, 0.25) is 5.02 Å². The molecule has 120 valence electrons. The maximum atomic E-state index is 14.1. The first-order valence-corrected chi connectivity index (χ1v) is 7.00. The molecule has 2 rings (SSSR count). The van der Waals surface area contributed by atoms with Crippen molar-refractivity contribution < 1.29 is 4.39 Å². The standard InChI is InChI=1S/C15H20ClFN2.2ClH/c1-11(2)9-15(19-7-5-18-6-8-19)13-10-12(16)3-4-14(13)17;;/h3-4,10,15,18H,1,5-9H2,2H3;2*1H/t15-;;/m1../s1. The van der Waals surface area contributed by atoms with Crippen LogP contribution in [-0.4, -0.2) is 31.1 Å². The van der Waals surface area contributed by atoms with Gasteiger partial charge in [-0.25, -0.2) is 4.39 Å². The largest absolute Gasteiger partial charge is 0.314 e. The van der Waals surface area contributed by atoms with E-state index in [0.29, 0.717) is 10.6 Å². The van der Waals surface area contributed by atoms with Gasteiger partial charge in [-0.1, -0.05) is 17.2 Å². The maximum Gasteiger partial charge on any atom is 0.128 e. The van der Waals surface area contributed by atoms with E-state index in [9.17, 15) is 4.39 Å². The van der Waals surface area contributed by atoms with Crippen molar-refractivity contribution in [1.29, 1.82) is 0 Å². The van der Waals surface area contributed by atoms with E-state index in [2.05, 4.69) is 16.8 Å². The van der Waals surface area contributed by atoms with E-state index in [1.807, 2.05) is 6.92 Å². The van der Waals surface area contributed by atoms with Gasteiger partial charge in [0.25, 0.3) is 0 Å². The monoisotopic (exact) mass is 354 g/mol. The molecule has 0 amide bonds. The van der Waals surface area contributed by atoms with Gasteiger partial charge in [0.2, 0.25) is 0 Å². The van der Waals surface area contributed by atoms with E-state index < -0.39 is 0 Å². The highest BCUT2D eigenvalue weighted by molar-refractivity contribution is 6.30. The molecule has 1 fully saturated rings. The quantitative estimate of drug-likeness (QED) is 0.813. The normalized spacial score (nSPS) is 16.5. The number of nitrogens with one attached hydrogen (secondary N) is 1. The molecular formula is C15H22Cl3FN2. The Kier molecular flexibility index (Phi) is 9.50. The lowest BCUT2D eigenvalue weighted by Gasteiger charge is -2.35. The lowest BCUT2D eigenvalue weighted by molar-refractivity contribution is 0.169. The first-order valence-electron chi connectivity index (χ1n) is 6.62. The highest BCUT2D eigenvalue weighted by Crippen LogP contribution is 2.31. The summed E-state index contributed by atoms with van der Waals surface area (Å²) in [6.07, 6.45) is 0.761. The van der Waals surface area contributed by atoms with Crippen molar-refractivity contribution in [2.75, 3.05) is 26.2 Å². The molecule has 0 saturated carbocycles. The average molecular weight is 356 g/mol. The Labute approximate surface area is 143 Å². The van der Waals surface area contributed by atoms with Crippen LogP contribution >= 0.6 is 36.4 Å². The molecule has 0 bridgehead atoms. The van der Waals surface area contributed by atoms with Crippen LogP contribution in [0.15, 0.2) is 30.4 Å². The predicted molar refractivity (Wildman–Crippen MR) is 92.5 cm³/mol. The second-order valence-corrected chi connectivity index (χ2v) is 5.57. The minimum Gasteiger partial charge on any atom is -0.314 e. The van der Waals surface area contributed by atoms with Crippen molar-refractivity contribution in [3.05, 3.63) is 46.8 Å². The van der Waals surface area contributed by atoms with Crippen LogP contribution in [-0.2, 0) is 0 Å². The minimum absolute atomic E-state index is 0. The second kappa shape index (κ2) is 9.65. The zero-order valence-electron chi connectivity index (χ0n) is 12.1. The fourth-order valence-corrected chi connectivity index (χ4v) is 2.71. The van der Waals surface area contributed by atoms with E-state index in [1.54, 1.807) is 12.1 Å². The topological polar surface area (TPSA) is 15.3 Å². The predicted octanol–water partition coefficient (Wildman–Crippen LogP) is 4.24. The van der Waals surface area contributed by atoms with Gasteiger partial charge < -0.3 is 5.32 Å². The van der Waals surface area contributed by atoms with Gasteiger partial charge >= 0.3 is 0 Å². The summed E-state index contributed by atoms with van der Waals surface area (Å²) >= 11 is 6.02. The van der Waals surface area contributed by atoms with Gasteiger partial charge in [-0.3, -0.25) is 4.90 Å². The highest BCUT2D eigenvalue weighted by atomic mass is 35.5. The Hall–Kier alpha value is -0.320. The summed E-state index contributed by atoms with van der Waals surface area (Å²) in [5.74, 6) is -0.186. The molecule has 1 atom stereocenters. The van der Waals surface area contributed by atoms with Crippen molar-refractivity contribution in [1.82, 2.24) is 10.2 Å². The average Bonchev–Trinajstić information content (AvgIpc) is 2.40. The van der Waals surface area contributed by atoms with Crippen molar-refractivity contribution in [3.8, 4) is 0 Å². The molecule has 1 aromatic rings. The Morgan fingerprint density at radius 1 is 1.38 bits per heavy atom. The summed E-state index contributed by atoms with van der Waals surface area (Å²) in [5, 5.41) is 3.90. The van der Waals surface area contributed by atoms with Gasteiger partial charge in [0.05, 0.1) is 0 Å². The van der Waals surface area contributed by atoms with Crippen molar-refractivity contribution in [3.63, 3.8) is 0 Å². The van der Waals surface area contributed by atoms with Gasteiger partial charge in [0.15, 0.2) is 0 Å². The number of piperazine rings is 1. The maximum absolute atomic E-state index is 14.1. The molecule has 1 aliphatic rings. The van der Waals surface area contributed by atoms with E-state index >= 15 is 0 Å². The summed E-state index contributed by atoms with van der Waals surface area (Å²) in [6, 6.07) is 4.81. The Morgan fingerprint density at radius 3 is 2.57 bits per heavy atom. The summed E-state index contributed by atoms with van der Waals surface area (Å²) < 4.78 is 14.1. The van der Waals surface area contributed by atoms with Gasteiger partial charge in [0.1, 0.15) is 5.82 Å². The Bertz CT molecular complexity index is 462. The third-order valence-corrected chi connectivity index (χ3v) is 3.69. The molecule has 1 N–H and O–H groups in total. The molecule has 6 heteroatoms. The van der Waals surface area contributed by atoms with Crippen LogP contribution < -0.4 is 5.32 Å². The lowest BCUT2D eigenvalue weighted by Crippen LogP contribution is -2.45. The van der Waals surface area contributed by atoms with Gasteiger partial charge in [-0.05, 0) is 31.5 Å². The number of hydrogen-bond acceptors (Lipinski definition) is 2. The molecule has 1 aromatic carbocycles. The molecular weight excluding hydrogens is 334 g/mol. The summed E-state index contributed by atoms with van der Waals surface area (Å²) in [4.78, 5) is 2.31. The van der Waals surface area contributed by atoms with Crippen molar-refractivity contribution in [2.24, 2.45) is 0 Å². The summed E-state index contributed by atoms with van der Waals surface area (Å²) in [6.45, 7) is 9.67. The molecule has 1 heterocycles. The third kappa shape index (κ3) is 5.76. The molecule has 1 saturated heterocycles. The van der Waals surface area contributed by atoms with E-state index in [-0.39, 0.29) is 36.7 Å². The molecule has 0 spiro atoms. The Morgan fingerprint density at radius 2 is 2.00 bits per heavy atom. The van der Waals surface area contributed by atoms with E-state index in [0.717, 1.165) is 38.2 Å². The fraction of sp³-hybridized carbons (Fsp3) is 0.467. The van der Waals surface area contributed by atoms with E-state index in [4.69, 9.17) is 11.6 Å². The summed E-state index contributed by atoms with van der Waals surface area (Å²) in [5.41, 5.74) is 1.74. The van der Waals surface area contributed by atoms with Gasteiger partial charge in [-0.2, -0.15) is 0 Å². The zero-order chi connectivity index (χ0) is 13.8. The van der Waals surface area contributed by atoms with Crippen molar-refractivity contribution in [2.45, 2.75) is 19.4 Å². The van der Waals surface area contributed by atoms with Crippen LogP contribution in [0.1, 0.15) is 24.9 Å². The number of rotatable bonds is 4. The second-order valence-electron chi connectivity index (χ2n) is 5.13. The molecule has 0 unspecified atom stereocenters. The van der Waals surface area contributed by atoms with Crippen LogP contribution in [0, 0.1) is 5.82 Å². The molecule has 1 aliphatic heterocycles. The number of halogens is 4. The van der Waals surface area contributed by atoms with Gasteiger partial charge in [0, 0.05) is 42.8 Å². The first-order chi connectivity index (χ1) is 9.08. The SMILES string of the molecule is C=C(C)C[C@H](c1cc(Cl)ccc1F)N1CCNCC1.Cl.Cl. The van der Waals surface area contributed by atoms with Crippen LogP contribution in [0.4, 0.5) is 4.39 Å². The van der Waals surface area contributed by atoms with Crippen LogP contribution in [0.25, 0.3) is 0 Å². The molecule has 21 heavy (non-hydrogen) atoms.